The molecule has 25 heavy (non-hydrogen) atoms. The lowest BCUT2D eigenvalue weighted by molar-refractivity contribution is 0.0607. The van der Waals surface area contributed by atoms with Crippen LogP contribution in [0.15, 0.2) is 40.6 Å². The molecule has 1 fully saturated rings. The van der Waals surface area contributed by atoms with Gasteiger partial charge in [-0.15, -0.1) is 11.3 Å². The van der Waals surface area contributed by atoms with Crippen LogP contribution in [0, 0.1) is 0 Å². The van der Waals surface area contributed by atoms with Crippen molar-refractivity contribution in [3.8, 4) is 0 Å². The normalized spacial score (nSPS) is 15.7. The van der Waals surface area contributed by atoms with E-state index >= 15 is 0 Å². The summed E-state index contributed by atoms with van der Waals surface area (Å²) < 4.78 is 32.3. The van der Waals surface area contributed by atoms with Crippen molar-refractivity contribution in [1.29, 1.82) is 0 Å². The van der Waals surface area contributed by atoms with Crippen LogP contribution in [0.3, 0.4) is 0 Å². The number of sulfonamides is 1. The fraction of sp³-hybridized carbons (Fsp3) is 0.389. The van der Waals surface area contributed by atoms with Crippen molar-refractivity contribution in [3.05, 3.63) is 46.2 Å². The minimum atomic E-state index is -3.75. The van der Waals surface area contributed by atoms with Gasteiger partial charge in [0.05, 0.1) is 17.7 Å². The van der Waals surface area contributed by atoms with E-state index in [1.54, 1.807) is 23.6 Å². The Kier molecular flexibility index (Phi) is 5.44. The molecule has 1 aliphatic rings. The number of hydrogen-bond acceptors (Lipinski definition) is 5. The largest absolute Gasteiger partial charge is 0.465 e. The van der Waals surface area contributed by atoms with Crippen LogP contribution in [0.4, 0.5) is 5.69 Å². The molecule has 0 radical (unpaired) electrons. The standard InChI is InChI=1S/C18H21NO4S2/c1-23-18(20)17-16(11-12-24-17)19-25(21,22)15-9-7-14(8-10-15)13-5-3-2-4-6-13/h7-13,19H,2-6H2,1H3. The number of thiophene rings is 1. The first-order chi connectivity index (χ1) is 12.0. The van der Waals surface area contributed by atoms with Gasteiger partial charge in [0.25, 0.3) is 10.0 Å². The van der Waals surface area contributed by atoms with Crippen molar-refractivity contribution in [2.45, 2.75) is 42.9 Å². The first-order valence-electron chi connectivity index (χ1n) is 8.30. The SMILES string of the molecule is COC(=O)c1sccc1NS(=O)(=O)c1ccc(C2CCCCC2)cc1. The molecule has 1 heterocycles. The highest BCUT2D eigenvalue weighted by molar-refractivity contribution is 7.92. The smallest absolute Gasteiger partial charge is 0.350 e. The summed E-state index contributed by atoms with van der Waals surface area (Å²) in [5, 5.41) is 1.65. The number of esters is 1. The number of carbonyl (C=O) groups is 1. The average molecular weight is 380 g/mol. The van der Waals surface area contributed by atoms with E-state index in [1.807, 2.05) is 12.1 Å². The lowest BCUT2D eigenvalue weighted by Gasteiger charge is -2.22. The quantitative estimate of drug-likeness (QED) is 0.782. The molecule has 0 unspecified atom stereocenters. The molecular formula is C18H21NO4S2. The first kappa shape index (κ1) is 17.9. The predicted octanol–water partition coefficient (Wildman–Crippen LogP) is 4.38. The summed E-state index contributed by atoms with van der Waals surface area (Å²) >= 11 is 1.14. The van der Waals surface area contributed by atoms with Gasteiger partial charge in [-0.3, -0.25) is 4.72 Å². The fourth-order valence-electron chi connectivity index (χ4n) is 3.20. The van der Waals surface area contributed by atoms with E-state index in [1.165, 1.54) is 44.8 Å². The van der Waals surface area contributed by atoms with E-state index < -0.39 is 16.0 Å². The summed E-state index contributed by atoms with van der Waals surface area (Å²) in [6.45, 7) is 0. The van der Waals surface area contributed by atoms with Crippen LogP contribution in [0.5, 0.6) is 0 Å². The minimum absolute atomic E-state index is 0.189. The van der Waals surface area contributed by atoms with Crippen molar-refractivity contribution in [2.24, 2.45) is 0 Å². The monoisotopic (exact) mass is 379 g/mol. The van der Waals surface area contributed by atoms with E-state index in [2.05, 4.69) is 9.46 Å². The third-order valence-electron chi connectivity index (χ3n) is 4.55. The van der Waals surface area contributed by atoms with Crippen LogP contribution < -0.4 is 4.72 Å². The number of rotatable bonds is 5. The number of carbonyl (C=O) groups excluding carboxylic acids is 1. The van der Waals surface area contributed by atoms with Crippen molar-refractivity contribution < 1.29 is 17.9 Å². The number of benzene rings is 1. The van der Waals surface area contributed by atoms with Gasteiger partial charge >= 0.3 is 5.97 Å². The van der Waals surface area contributed by atoms with Crippen LogP contribution in [0.25, 0.3) is 0 Å². The molecule has 0 spiro atoms. The van der Waals surface area contributed by atoms with Crippen molar-refractivity contribution in [3.63, 3.8) is 0 Å². The second kappa shape index (κ2) is 7.58. The van der Waals surface area contributed by atoms with Gasteiger partial charge < -0.3 is 4.74 Å². The maximum Gasteiger partial charge on any atom is 0.350 e. The Bertz CT molecular complexity index is 834. The number of anilines is 1. The topological polar surface area (TPSA) is 72.5 Å². The molecule has 0 bridgehead atoms. The molecule has 1 N–H and O–H groups in total. The number of methoxy groups -OCH3 is 1. The zero-order chi connectivity index (χ0) is 17.9. The summed E-state index contributed by atoms with van der Waals surface area (Å²) in [7, 11) is -2.48. The van der Waals surface area contributed by atoms with Gasteiger partial charge in [0, 0.05) is 0 Å². The molecule has 1 aromatic carbocycles. The van der Waals surface area contributed by atoms with Gasteiger partial charge in [0.1, 0.15) is 4.88 Å². The third-order valence-corrected chi connectivity index (χ3v) is 6.82. The van der Waals surface area contributed by atoms with Crippen LogP contribution in [0.2, 0.25) is 0 Å². The highest BCUT2D eigenvalue weighted by Crippen LogP contribution is 2.33. The highest BCUT2D eigenvalue weighted by atomic mass is 32.2. The Balaban J connectivity index is 1.78. The van der Waals surface area contributed by atoms with Gasteiger partial charge in [0.15, 0.2) is 0 Å². The summed E-state index contributed by atoms with van der Waals surface area (Å²) in [5.41, 5.74) is 1.44. The summed E-state index contributed by atoms with van der Waals surface area (Å²) in [4.78, 5) is 12.1. The fourth-order valence-corrected chi connectivity index (χ4v) is 5.10. The van der Waals surface area contributed by atoms with Gasteiger partial charge in [-0.1, -0.05) is 31.4 Å². The Hall–Kier alpha value is -1.86. The van der Waals surface area contributed by atoms with Gasteiger partial charge in [-0.05, 0) is 47.9 Å². The number of hydrogen-bond donors (Lipinski definition) is 1. The van der Waals surface area contributed by atoms with Crippen molar-refractivity contribution in [2.75, 3.05) is 11.8 Å². The van der Waals surface area contributed by atoms with E-state index in [0.717, 1.165) is 11.3 Å². The van der Waals surface area contributed by atoms with Crippen LogP contribution in [0.1, 0.15) is 53.3 Å². The number of nitrogens with one attached hydrogen (secondary N) is 1. The molecule has 1 aromatic heterocycles. The number of ether oxygens (including phenoxy) is 1. The minimum Gasteiger partial charge on any atom is -0.465 e. The van der Waals surface area contributed by atoms with E-state index in [9.17, 15) is 13.2 Å². The Morgan fingerprint density at radius 3 is 2.44 bits per heavy atom. The molecule has 1 saturated carbocycles. The Morgan fingerprint density at radius 2 is 1.80 bits per heavy atom. The predicted molar refractivity (Wildman–Crippen MR) is 98.7 cm³/mol. The highest BCUT2D eigenvalue weighted by Gasteiger charge is 2.21. The lowest BCUT2D eigenvalue weighted by Crippen LogP contribution is -2.15. The third kappa shape index (κ3) is 4.04. The first-order valence-corrected chi connectivity index (χ1v) is 10.7. The van der Waals surface area contributed by atoms with E-state index in [4.69, 9.17) is 0 Å². The van der Waals surface area contributed by atoms with Crippen LogP contribution in [-0.2, 0) is 14.8 Å². The van der Waals surface area contributed by atoms with Gasteiger partial charge in [-0.25, -0.2) is 13.2 Å². The zero-order valence-corrected chi connectivity index (χ0v) is 15.7. The molecule has 134 valence electrons. The average Bonchev–Trinajstić information content (AvgIpc) is 3.09. The second-order valence-electron chi connectivity index (χ2n) is 6.16. The Morgan fingerprint density at radius 1 is 1.12 bits per heavy atom. The lowest BCUT2D eigenvalue weighted by atomic mass is 9.84. The molecule has 0 aliphatic heterocycles. The van der Waals surface area contributed by atoms with Crippen molar-refractivity contribution >= 4 is 33.0 Å². The molecular weight excluding hydrogens is 358 g/mol. The van der Waals surface area contributed by atoms with Gasteiger partial charge in [-0.2, -0.15) is 0 Å². The maximum absolute atomic E-state index is 12.6. The summed E-state index contributed by atoms with van der Waals surface area (Å²) in [6, 6.07) is 8.64. The molecule has 3 rings (SSSR count). The molecule has 0 amide bonds. The molecule has 0 atom stereocenters. The van der Waals surface area contributed by atoms with E-state index in [0.29, 0.717) is 5.92 Å². The van der Waals surface area contributed by atoms with E-state index in [-0.39, 0.29) is 15.5 Å². The summed E-state index contributed by atoms with van der Waals surface area (Å²) in [5.74, 6) is -0.0263. The maximum atomic E-state index is 12.6. The zero-order valence-electron chi connectivity index (χ0n) is 14.0. The second-order valence-corrected chi connectivity index (χ2v) is 8.76. The molecule has 1 aliphatic carbocycles. The molecule has 5 nitrogen and oxygen atoms in total. The van der Waals surface area contributed by atoms with Crippen LogP contribution >= 0.6 is 11.3 Å². The molecule has 2 aromatic rings. The Labute approximate surface area is 152 Å². The molecule has 0 saturated heterocycles. The van der Waals surface area contributed by atoms with Crippen molar-refractivity contribution in [1.82, 2.24) is 0 Å². The van der Waals surface area contributed by atoms with Gasteiger partial charge in [0.2, 0.25) is 0 Å². The van der Waals surface area contributed by atoms with Crippen LogP contribution in [-0.4, -0.2) is 21.5 Å². The molecule has 7 heteroatoms. The summed E-state index contributed by atoms with van der Waals surface area (Å²) in [6.07, 6.45) is 6.10.